The Balaban J connectivity index is 1.53. The summed E-state index contributed by atoms with van der Waals surface area (Å²) in [6.45, 7) is 1.79. The molecule has 32 heavy (non-hydrogen) atoms. The molecular weight excluding hydrogens is 430 g/mol. The predicted molar refractivity (Wildman–Crippen MR) is 122 cm³/mol. The van der Waals surface area contributed by atoms with Gasteiger partial charge in [0.2, 0.25) is 0 Å². The van der Waals surface area contributed by atoms with Gasteiger partial charge in [0.05, 0.1) is 26.3 Å². The lowest BCUT2D eigenvalue weighted by molar-refractivity contribution is -0.117. The Morgan fingerprint density at radius 2 is 1.75 bits per heavy atom. The van der Waals surface area contributed by atoms with Crippen molar-refractivity contribution in [3.8, 4) is 23.0 Å². The number of aromatic nitrogens is 1. The molecule has 164 valence electrons. The lowest BCUT2D eigenvalue weighted by Gasteiger charge is -2.13. The molecule has 0 saturated carbocycles. The molecule has 0 aliphatic heterocycles. The van der Waals surface area contributed by atoms with Gasteiger partial charge in [0.15, 0.2) is 11.5 Å². The van der Waals surface area contributed by atoms with Crippen LogP contribution in [0.1, 0.15) is 17.0 Å². The number of hydrogen-bond acceptors (Lipinski definition) is 6. The van der Waals surface area contributed by atoms with Gasteiger partial charge < -0.3 is 18.7 Å². The van der Waals surface area contributed by atoms with Gasteiger partial charge in [0.1, 0.15) is 23.0 Å². The van der Waals surface area contributed by atoms with Crippen LogP contribution in [0.25, 0.3) is 10.8 Å². The van der Waals surface area contributed by atoms with Crippen molar-refractivity contribution >= 4 is 28.2 Å². The van der Waals surface area contributed by atoms with E-state index in [4.69, 9.17) is 30.3 Å². The maximum absolute atomic E-state index is 12.4. The molecule has 0 N–H and O–H groups in total. The highest BCUT2D eigenvalue weighted by atomic mass is 35.5. The average Bonchev–Trinajstić information content (AvgIpc) is 3.19. The van der Waals surface area contributed by atoms with Crippen LogP contribution in [0.2, 0.25) is 5.02 Å². The molecule has 1 heterocycles. The third-order valence-corrected chi connectivity index (χ3v) is 5.39. The van der Waals surface area contributed by atoms with Crippen molar-refractivity contribution in [1.82, 2.24) is 5.16 Å². The minimum Gasteiger partial charge on any atom is -0.493 e. The van der Waals surface area contributed by atoms with Gasteiger partial charge in [-0.25, -0.2) is 0 Å². The van der Waals surface area contributed by atoms with Gasteiger partial charge in [-0.15, -0.1) is 0 Å². The van der Waals surface area contributed by atoms with Crippen LogP contribution in [-0.4, -0.2) is 25.2 Å². The van der Waals surface area contributed by atoms with E-state index < -0.39 is 0 Å². The second-order valence-electron chi connectivity index (χ2n) is 7.36. The zero-order chi connectivity index (χ0) is 22.7. The number of carbonyl (C=O) groups excluding carboxylic acids is 1. The molecule has 1 aromatic heterocycles. The SMILES string of the molecule is COc1cc2cccc(Oc3ccc(CC(=O)Cc4cc(C)on4)c(Cl)c3)c2cc1OC. The number of benzene rings is 3. The first-order valence-corrected chi connectivity index (χ1v) is 10.4. The van der Waals surface area contributed by atoms with E-state index in [-0.39, 0.29) is 18.6 Å². The van der Waals surface area contributed by atoms with E-state index in [2.05, 4.69) is 5.16 Å². The van der Waals surface area contributed by atoms with Gasteiger partial charge in [-0.3, -0.25) is 4.79 Å². The molecule has 4 rings (SSSR count). The molecule has 0 aliphatic rings. The van der Waals surface area contributed by atoms with Gasteiger partial charge >= 0.3 is 0 Å². The first-order chi connectivity index (χ1) is 15.5. The number of Topliss-reactive ketones (excluding diaryl/α,β-unsaturated/α-hetero) is 1. The summed E-state index contributed by atoms with van der Waals surface area (Å²) in [7, 11) is 3.20. The van der Waals surface area contributed by atoms with Gasteiger partial charge in [-0.1, -0.05) is 35.0 Å². The summed E-state index contributed by atoms with van der Waals surface area (Å²) >= 11 is 6.45. The molecule has 0 radical (unpaired) electrons. The molecule has 4 aromatic rings. The van der Waals surface area contributed by atoms with Crippen LogP contribution in [-0.2, 0) is 17.6 Å². The van der Waals surface area contributed by atoms with Gasteiger partial charge in [0.25, 0.3) is 0 Å². The average molecular weight is 452 g/mol. The fraction of sp³-hybridized carbons (Fsp3) is 0.200. The molecule has 0 atom stereocenters. The number of hydrogen-bond donors (Lipinski definition) is 0. The summed E-state index contributed by atoms with van der Waals surface area (Å²) in [6, 6.07) is 16.6. The highest BCUT2D eigenvalue weighted by Crippen LogP contribution is 2.38. The molecule has 0 fully saturated rings. The van der Waals surface area contributed by atoms with Crippen LogP contribution in [0.3, 0.4) is 0 Å². The third kappa shape index (κ3) is 4.70. The van der Waals surface area contributed by atoms with E-state index in [1.165, 1.54) is 0 Å². The summed E-state index contributed by atoms with van der Waals surface area (Å²) in [5.74, 6) is 3.17. The Labute approximate surface area is 190 Å². The number of methoxy groups -OCH3 is 2. The Bertz CT molecular complexity index is 1280. The summed E-state index contributed by atoms with van der Waals surface area (Å²) < 4.78 is 21.9. The number of nitrogens with zero attached hydrogens (tertiary/aromatic N) is 1. The highest BCUT2D eigenvalue weighted by molar-refractivity contribution is 6.31. The normalized spacial score (nSPS) is 10.9. The van der Waals surface area contributed by atoms with E-state index >= 15 is 0 Å². The van der Waals surface area contributed by atoms with E-state index in [9.17, 15) is 4.79 Å². The Morgan fingerprint density at radius 3 is 2.44 bits per heavy atom. The maximum atomic E-state index is 12.4. The summed E-state index contributed by atoms with van der Waals surface area (Å²) in [6.07, 6.45) is 0.406. The zero-order valence-corrected chi connectivity index (χ0v) is 18.7. The number of ketones is 1. The van der Waals surface area contributed by atoms with Crippen LogP contribution in [0, 0.1) is 6.92 Å². The van der Waals surface area contributed by atoms with Crippen LogP contribution < -0.4 is 14.2 Å². The lowest BCUT2D eigenvalue weighted by Crippen LogP contribution is -2.07. The quantitative estimate of drug-likeness (QED) is 0.329. The minimum atomic E-state index is 0.00367. The monoisotopic (exact) mass is 451 g/mol. The largest absolute Gasteiger partial charge is 0.493 e. The van der Waals surface area contributed by atoms with Crippen LogP contribution >= 0.6 is 11.6 Å². The predicted octanol–water partition coefficient (Wildman–Crippen LogP) is 5.95. The second-order valence-corrected chi connectivity index (χ2v) is 7.77. The number of fused-ring (bicyclic) bond motifs is 1. The van der Waals surface area contributed by atoms with E-state index in [0.717, 1.165) is 16.3 Å². The first-order valence-electron chi connectivity index (χ1n) is 10.0. The molecule has 0 saturated heterocycles. The summed E-state index contributed by atoms with van der Waals surface area (Å²) in [4.78, 5) is 12.4. The topological polar surface area (TPSA) is 70.8 Å². The molecule has 0 unspecified atom stereocenters. The van der Waals surface area contributed by atoms with Crippen molar-refractivity contribution in [2.24, 2.45) is 0 Å². The molecule has 3 aromatic carbocycles. The van der Waals surface area contributed by atoms with Gasteiger partial charge in [-0.05, 0) is 48.2 Å². The number of carbonyl (C=O) groups is 1. The molecule has 0 amide bonds. The lowest BCUT2D eigenvalue weighted by atomic mass is 10.1. The second kappa shape index (κ2) is 9.32. The van der Waals surface area contributed by atoms with E-state index in [1.54, 1.807) is 45.4 Å². The number of rotatable bonds is 8. The molecule has 0 spiro atoms. The van der Waals surface area contributed by atoms with Crippen molar-refractivity contribution in [3.05, 3.63) is 76.6 Å². The van der Waals surface area contributed by atoms with Crippen molar-refractivity contribution in [1.29, 1.82) is 0 Å². The number of ether oxygens (including phenoxy) is 3. The van der Waals surface area contributed by atoms with Crippen LogP contribution in [0.4, 0.5) is 0 Å². The maximum Gasteiger partial charge on any atom is 0.161 e. The van der Waals surface area contributed by atoms with E-state index in [0.29, 0.717) is 39.5 Å². The summed E-state index contributed by atoms with van der Waals surface area (Å²) in [5.41, 5.74) is 1.35. The smallest absolute Gasteiger partial charge is 0.161 e. The first kappa shape index (κ1) is 21.7. The fourth-order valence-corrected chi connectivity index (χ4v) is 3.74. The molecule has 7 heteroatoms. The molecular formula is C25H22ClNO5. The highest BCUT2D eigenvalue weighted by Gasteiger charge is 2.14. The van der Waals surface area contributed by atoms with Crippen LogP contribution in [0.5, 0.6) is 23.0 Å². The fourth-order valence-electron chi connectivity index (χ4n) is 3.50. The zero-order valence-electron chi connectivity index (χ0n) is 18.0. The standard InChI is InChI=1S/C25H22ClNO5/c1-15-9-18(27-32-15)12-19(28)10-17-7-8-20(13-22(17)26)31-23-6-4-5-16-11-24(29-2)25(30-3)14-21(16)23/h4-9,11,13-14H,10,12H2,1-3H3. The van der Waals surface area contributed by atoms with Crippen molar-refractivity contribution < 1.29 is 23.5 Å². The molecule has 6 nitrogen and oxygen atoms in total. The van der Waals surface area contributed by atoms with Crippen LogP contribution in [0.15, 0.2) is 59.1 Å². The molecule has 0 aliphatic carbocycles. The van der Waals surface area contributed by atoms with Gasteiger partial charge in [0, 0.05) is 22.9 Å². The Hall–Kier alpha value is -3.51. The minimum absolute atomic E-state index is 0.00367. The Kier molecular flexibility index (Phi) is 6.32. The van der Waals surface area contributed by atoms with Gasteiger partial charge in [-0.2, -0.15) is 0 Å². The Morgan fingerprint density at radius 1 is 0.969 bits per heavy atom. The van der Waals surface area contributed by atoms with Crippen molar-refractivity contribution in [3.63, 3.8) is 0 Å². The molecule has 0 bridgehead atoms. The van der Waals surface area contributed by atoms with Crippen molar-refractivity contribution in [2.45, 2.75) is 19.8 Å². The van der Waals surface area contributed by atoms with Crippen molar-refractivity contribution in [2.75, 3.05) is 14.2 Å². The summed E-state index contributed by atoms with van der Waals surface area (Å²) in [5, 5.41) is 6.16. The number of aryl methyl sites for hydroxylation is 1. The third-order valence-electron chi connectivity index (χ3n) is 5.04. The van der Waals surface area contributed by atoms with E-state index in [1.807, 2.05) is 30.3 Å². The number of halogens is 1.